The molecule has 2 fully saturated rings. The van der Waals surface area contributed by atoms with Crippen molar-refractivity contribution in [2.45, 2.75) is 77.3 Å². The van der Waals surface area contributed by atoms with Gasteiger partial charge < -0.3 is 29.6 Å². The summed E-state index contributed by atoms with van der Waals surface area (Å²) in [6.45, 7) is 6.99. The largest absolute Gasteiger partial charge is 0.465 e. The fourth-order valence-corrected chi connectivity index (χ4v) is 5.85. The molecule has 47 heavy (non-hydrogen) atoms. The lowest BCUT2D eigenvalue weighted by molar-refractivity contribution is -0.138. The van der Waals surface area contributed by atoms with E-state index in [2.05, 4.69) is 15.4 Å². The van der Waals surface area contributed by atoms with Gasteiger partial charge in [0.2, 0.25) is 0 Å². The molecular weight excluding hydrogens is 621 g/mol. The Morgan fingerprint density at radius 3 is 2.51 bits per heavy atom. The van der Waals surface area contributed by atoms with Gasteiger partial charge in [0.1, 0.15) is 22.9 Å². The van der Waals surface area contributed by atoms with Crippen LogP contribution in [0.4, 0.5) is 34.4 Å². The van der Waals surface area contributed by atoms with Crippen LogP contribution in [0.15, 0.2) is 30.7 Å². The van der Waals surface area contributed by atoms with Crippen molar-refractivity contribution in [3.05, 3.63) is 53.1 Å². The van der Waals surface area contributed by atoms with Gasteiger partial charge in [-0.1, -0.05) is 0 Å². The molecule has 3 N–H and O–H groups in total. The van der Waals surface area contributed by atoms with Gasteiger partial charge in [-0.3, -0.25) is 4.90 Å². The number of hydrogen-bond donors (Lipinski definition) is 3. The minimum Gasteiger partial charge on any atom is -0.465 e. The van der Waals surface area contributed by atoms with E-state index in [9.17, 15) is 33.0 Å². The number of piperidine rings is 1. The van der Waals surface area contributed by atoms with Gasteiger partial charge >= 0.3 is 18.4 Å². The lowest BCUT2D eigenvalue weighted by Gasteiger charge is -2.34. The Bertz CT molecular complexity index is 1830. The van der Waals surface area contributed by atoms with Gasteiger partial charge in [-0.05, 0) is 64.5 Å². The number of amides is 2. The third-order valence-corrected chi connectivity index (χ3v) is 8.39. The first-order chi connectivity index (χ1) is 22.1. The van der Waals surface area contributed by atoms with E-state index in [1.54, 1.807) is 43.7 Å². The fourth-order valence-electron chi connectivity index (χ4n) is 5.85. The average molecular weight is 659 g/mol. The summed E-state index contributed by atoms with van der Waals surface area (Å²) in [7, 11) is 0. The minimum atomic E-state index is -4.55. The number of halogens is 3. The van der Waals surface area contributed by atoms with E-state index in [0.29, 0.717) is 42.5 Å². The van der Waals surface area contributed by atoms with Crippen LogP contribution >= 0.6 is 0 Å². The van der Waals surface area contributed by atoms with E-state index in [1.165, 1.54) is 27.3 Å². The molecule has 1 aliphatic carbocycles. The van der Waals surface area contributed by atoms with Crippen LogP contribution in [0.1, 0.15) is 68.3 Å². The summed E-state index contributed by atoms with van der Waals surface area (Å²) in [5.74, 6) is 0.718. The van der Waals surface area contributed by atoms with Gasteiger partial charge in [0.25, 0.3) is 0 Å². The summed E-state index contributed by atoms with van der Waals surface area (Å²) in [6, 6.07) is 2.61. The number of likely N-dealkylation sites (tertiary alicyclic amines) is 1. The molecule has 2 aliphatic rings. The molecule has 2 atom stereocenters. The third kappa shape index (κ3) is 6.92. The van der Waals surface area contributed by atoms with E-state index in [0.717, 1.165) is 24.5 Å². The number of nitrogens with one attached hydrogen (secondary N) is 1. The van der Waals surface area contributed by atoms with Gasteiger partial charge in [-0.2, -0.15) is 22.8 Å². The second-order valence-corrected chi connectivity index (χ2v) is 13.3. The second-order valence-electron chi connectivity index (χ2n) is 13.3. The molecular formula is C31H37F3N8O5. The van der Waals surface area contributed by atoms with Crippen molar-refractivity contribution in [1.29, 1.82) is 0 Å². The van der Waals surface area contributed by atoms with Gasteiger partial charge in [-0.15, -0.1) is 0 Å². The second kappa shape index (κ2) is 11.9. The molecule has 0 unspecified atom stereocenters. The van der Waals surface area contributed by atoms with Crippen LogP contribution in [0.25, 0.3) is 11.3 Å². The number of anilines is 2. The number of imidazole rings is 1. The van der Waals surface area contributed by atoms with Crippen LogP contribution in [0.3, 0.4) is 0 Å². The third-order valence-electron chi connectivity index (χ3n) is 8.39. The normalized spacial score (nSPS) is 18.9. The number of pyridine rings is 1. The summed E-state index contributed by atoms with van der Waals surface area (Å²) < 4.78 is 49.6. The fraction of sp³-hybridized carbons (Fsp3) is 0.516. The highest BCUT2D eigenvalue weighted by Crippen LogP contribution is 2.42. The molecule has 4 aromatic rings. The number of aryl methyl sites for hydroxylation is 1. The summed E-state index contributed by atoms with van der Waals surface area (Å²) in [5, 5.41) is 27.8. The van der Waals surface area contributed by atoms with Crippen molar-refractivity contribution < 1.29 is 37.7 Å². The zero-order valence-corrected chi connectivity index (χ0v) is 26.5. The SMILES string of the molecule is Cc1cn2cc(CN(C(=O)OC(C)(C)C)c3cc(NC[C@H]4CCN(C(=O)O)C[C@@H]4O)nc4c(C5CC5)cnn34)nc2cc1C(F)(F)F. The maximum atomic E-state index is 13.8. The predicted molar refractivity (Wildman–Crippen MR) is 165 cm³/mol. The number of ether oxygens (including phenoxy) is 1. The Hall–Kier alpha value is -4.60. The molecule has 1 saturated heterocycles. The Morgan fingerprint density at radius 2 is 1.87 bits per heavy atom. The highest BCUT2D eigenvalue weighted by atomic mass is 19.4. The van der Waals surface area contributed by atoms with E-state index < -0.39 is 35.6 Å². The Labute approximate surface area is 268 Å². The van der Waals surface area contributed by atoms with E-state index in [4.69, 9.17) is 9.72 Å². The first kappa shape index (κ1) is 32.3. The number of fused-ring (bicyclic) bond motifs is 2. The number of carbonyl (C=O) groups is 2. The van der Waals surface area contributed by atoms with Crippen LogP contribution in [0.2, 0.25) is 0 Å². The van der Waals surface area contributed by atoms with Crippen LogP contribution < -0.4 is 10.2 Å². The lowest BCUT2D eigenvalue weighted by Crippen LogP contribution is -2.47. The number of aromatic nitrogens is 5. The summed E-state index contributed by atoms with van der Waals surface area (Å²) in [6.07, 6.45) is -0.185. The quantitative estimate of drug-likeness (QED) is 0.241. The number of carbonyl (C=O) groups excluding carboxylic acids is 1. The molecule has 1 aliphatic heterocycles. The molecule has 2 amide bonds. The summed E-state index contributed by atoms with van der Waals surface area (Å²) in [5.41, 5.74) is 0.209. The van der Waals surface area contributed by atoms with Crippen LogP contribution in [0.5, 0.6) is 0 Å². The Kier molecular flexibility index (Phi) is 8.18. The molecule has 5 heterocycles. The average Bonchev–Trinajstić information content (AvgIpc) is 3.60. The molecule has 252 valence electrons. The first-order valence-electron chi connectivity index (χ1n) is 15.4. The molecule has 6 rings (SSSR count). The number of hydrogen-bond acceptors (Lipinski definition) is 8. The maximum Gasteiger partial charge on any atom is 0.416 e. The number of β-amino-alcohol motifs (C(OH)–C–C–N with tert-alkyl or cyclic N) is 1. The molecule has 0 aromatic carbocycles. The monoisotopic (exact) mass is 658 g/mol. The van der Waals surface area contributed by atoms with Gasteiger partial charge in [-0.25, -0.2) is 19.6 Å². The number of nitrogens with zero attached hydrogens (tertiary/aromatic N) is 7. The lowest BCUT2D eigenvalue weighted by atomic mass is 9.94. The number of aliphatic hydroxyl groups is 1. The molecule has 1 saturated carbocycles. The van der Waals surface area contributed by atoms with Crippen LogP contribution in [-0.2, 0) is 17.5 Å². The van der Waals surface area contributed by atoms with E-state index in [1.807, 2.05) is 0 Å². The van der Waals surface area contributed by atoms with Crippen molar-refractivity contribution in [3.63, 3.8) is 0 Å². The van der Waals surface area contributed by atoms with Gasteiger partial charge in [0.15, 0.2) is 5.65 Å². The van der Waals surface area contributed by atoms with Crippen molar-refractivity contribution >= 4 is 35.1 Å². The summed E-state index contributed by atoms with van der Waals surface area (Å²) in [4.78, 5) is 36.9. The smallest absolute Gasteiger partial charge is 0.416 e. The van der Waals surface area contributed by atoms with Crippen molar-refractivity contribution in [2.24, 2.45) is 5.92 Å². The topological polar surface area (TPSA) is 150 Å². The Balaban J connectivity index is 1.37. The van der Waals surface area contributed by atoms with Crippen LogP contribution in [0, 0.1) is 12.8 Å². The number of carboxylic acid groups (broad SMARTS) is 1. The molecule has 16 heteroatoms. The molecule has 13 nitrogen and oxygen atoms in total. The molecule has 4 aromatic heterocycles. The molecule has 0 spiro atoms. The highest BCUT2D eigenvalue weighted by Gasteiger charge is 2.35. The zero-order chi connectivity index (χ0) is 33.8. The first-order valence-corrected chi connectivity index (χ1v) is 15.4. The van der Waals surface area contributed by atoms with E-state index in [-0.39, 0.29) is 36.1 Å². The Morgan fingerprint density at radius 1 is 1.13 bits per heavy atom. The molecule has 0 radical (unpaired) electrons. The standard InChI is InChI=1S/C31H37F3N8O5/c1-17-13-40-14-20(37-25(40)9-22(17)31(32,33)34)15-41(29(46)47-30(2,3)4)26-10-24(38-27-21(18-5-6-18)12-36-42(26)27)35-11-19-7-8-39(28(44)45)16-23(19)43/h9-10,12-14,18-19,23,43H,5-8,11,15-16H2,1-4H3,(H,35,38)(H,44,45)/t19-,23+/m1/s1. The van der Waals surface area contributed by atoms with Crippen molar-refractivity contribution in [2.75, 3.05) is 29.9 Å². The van der Waals surface area contributed by atoms with Crippen molar-refractivity contribution in [1.82, 2.24) is 28.9 Å². The zero-order valence-electron chi connectivity index (χ0n) is 26.5. The van der Waals surface area contributed by atoms with Crippen molar-refractivity contribution in [3.8, 4) is 0 Å². The van der Waals surface area contributed by atoms with Gasteiger partial charge in [0.05, 0.1) is 36.6 Å². The number of alkyl halides is 3. The van der Waals surface area contributed by atoms with E-state index >= 15 is 0 Å². The van der Waals surface area contributed by atoms with Gasteiger partial charge in [0, 0.05) is 43.0 Å². The number of rotatable bonds is 7. The minimum absolute atomic E-state index is 0.00324. The summed E-state index contributed by atoms with van der Waals surface area (Å²) >= 11 is 0. The maximum absolute atomic E-state index is 13.8. The highest BCUT2D eigenvalue weighted by molar-refractivity contribution is 5.88. The van der Waals surface area contributed by atoms with Crippen LogP contribution in [-0.4, -0.2) is 82.6 Å². The molecule has 0 bridgehead atoms. The predicted octanol–water partition coefficient (Wildman–Crippen LogP) is 5.30. The number of aliphatic hydroxyl groups excluding tert-OH is 1.